The molecule has 0 atom stereocenters. The first-order valence-electron chi connectivity index (χ1n) is 9.47. The van der Waals surface area contributed by atoms with Gasteiger partial charge in [-0.3, -0.25) is 0 Å². The summed E-state index contributed by atoms with van der Waals surface area (Å²) < 4.78 is 2.16. The average molecular weight is 378 g/mol. The lowest BCUT2D eigenvalue weighted by Crippen LogP contribution is -2.07. The van der Waals surface area contributed by atoms with E-state index in [1.807, 2.05) is 12.2 Å². The zero-order valence-corrected chi connectivity index (χ0v) is 16.0. The molecule has 3 aromatic rings. The summed E-state index contributed by atoms with van der Waals surface area (Å²) in [6, 6.07) is 8.55. The van der Waals surface area contributed by atoms with Crippen LogP contribution in [0.4, 0.5) is 5.82 Å². The number of unbranched alkanes of at least 4 members (excludes halogenated alkanes) is 1. The fraction of sp³-hybridized carbons (Fsp3) is 0.348. The molecule has 2 heterocycles. The Bertz CT molecular complexity index is 955. The molecular weight excluding hydrogens is 346 g/mol. The maximum absolute atomic E-state index is 6.20. The molecule has 5 nitrogen and oxygen atoms in total. The van der Waals surface area contributed by atoms with Gasteiger partial charge in [0.2, 0.25) is 0 Å². The van der Waals surface area contributed by atoms with Crippen LogP contribution in [0.2, 0.25) is 0 Å². The predicted octanol–water partition coefficient (Wildman–Crippen LogP) is 4.89. The van der Waals surface area contributed by atoms with E-state index in [2.05, 4.69) is 53.9 Å². The molecule has 0 saturated heterocycles. The molecule has 2 aromatic heterocycles. The molecule has 0 aliphatic carbocycles. The Balaban J connectivity index is 0.00000280. The van der Waals surface area contributed by atoms with Crippen molar-refractivity contribution in [3.05, 3.63) is 72.4 Å². The molecule has 5 heteroatoms. The molecule has 0 aliphatic rings. The van der Waals surface area contributed by atoms with Crippen LogP contribution in [0.15, 0.2) is 49.6 Å². The van der Waals surface area contributed by atoms with Crippen molar-refractivity contribution in [1.82, 2.24) is 19.5 Å². The number of nitrogens with zero attached hydrogens (tertiary/aromatic N) is 4. The van der Waals surface area contributed by atoms with Crippen molar-refractivity contribution in [2.75, 3.05) is 5.73 Å². The number of aryl methyl sites for hydroxylation is 2. The Kier molecular flexibility index (Phi) is 7.50. The van der Waals surface area contributed by atoms with Crippen molar-refractivity contribution in [3.8, 4) is 0 Å². The summed E-state index contributed by atoms with van der Waals surface area (Å²) in [5, 5.41) is 0. The normalized spacial score (nSPS) is 10.6. The highest BCUT2D eigenvalue weighted by Crippen LogP contribution is 2.22. The minimum absolute atomic E-state index is 0. The van der Waals surface area contributed by atoms with Gasteiger partial charge in [-0.05, 0) is 30.4 Å². The molecule has 0 saturated carbocycles. The van der Waals surface area contributed by atoms with Gasteiger partial charge in [-0.25, -0.2) is 15.0 Å². The van der Waals surface area contributed by atoms with Gasteiger partial charge in [0, 0.05) is 12.8 Å². The number of imidazole rings is 1. The fourth-order valence-corrected chi connectivity index (χ4v) is 3.27. The molecule has 0 fully saturated rings. The van der Waals surface area contributed by atoms with Crippen LogP contribution in [0.1, 0.15) is 50.0 Å². The Morgan fingerprint density at radius 1 is 1.11 bits per heavy atom. The van der Waals surface area contributed by atoms with Gasteiger partial charge in [-0.15, -0.1) is 13.2 Å². The van der Waals surface area contributed by atoms with Gasteiger partial charge in [0.15, 0.2) is 17.0 Å². The summed E-state index contributed by atoms with van der Waals surface area (Å²) in [6.45, 7) is 10.4. The fourth-order valence-electron chi connectivity index (χ4n) is 3.27. The predicted molar refractivity (Wildman–Crippen MR) is 118 cm³/mol. The average Bonchev–Trinajstić information content (AvgIpc) is 3.01. The third-order valence-corrected chi connectivity index (χ3v) is 4.58. The zero-order valence-electron chi connectivity index (χ0n) is 16.0. The third kappa shape index (κ3) is 4.66. The number of hydrogen-bond acceptors (Lipinski definition) is 4. The van der Waals surface area contributed by atoms with Gasteiger partial charge >= 0.3 is 0 Å². The van der Waals surface area contributed by atoms with Crippen LogP contribution in [0, 0.1) is 0 Å². The largest absolute Gasteiger partial charge is 0.382 e. The minimum atomic E-state index is 0. The summed E-state index contributed by atoms with van der Waals surface area (Å²) in [4.78, 5) is 13.9. The van der Waals surface area contributed by atoms with Crippen LogP contribution in [-0.4, -0.2) is 19.5 Å². The number of nitrogen functional groups attached to an aromatic ring is 1. The molecule has 0 unspecified atom stereocenters. The number of nitrogens with two attached hydrogens (primary N) is 1. The van der Waals surface area contributed by atoms with Crippen molar-refractivity contribution in [2.24, 2.45) is 0 Å². The summed E-state index contributed by atoms with van der Waals surface area (Å²) in [6.07, 6.45) is 8.21. The first-order chi connectivity index (χ1) is 13.2. The number of rotatable bonds is 9. The van der Waals surface area contributed by atoms with Gasteiger partial charge in [0.05, 0.1) is 6.54 Å². The molecule has 0 amide bonds. The second kappa shape index (κ2) is 9.83. The molecule has 3 rings (SSSR count). The lowest BCUT2D eigenvalue weighted by atomic mass is 10.1. The van der Waals surface area contributed by atoms with Crippen LogP contribution >= 0.6 is 0 Å². The number of hydrogen-bond donors (Lipinski definition) is 1. The van der Waals surface area contributed by atoms with Crippen molar-refractivity contribution in [1.29, 1.82) is 0 Å². The summed E-state index contributed by atoms with van der Waals surface area (Å²) >= 11 is 0. The maximum Gasteiger partial charge on any atom is 0.166 e. The quantitative estimate of drug-likeness (QED) is 0.426. The van der Waals surface area contributed by atoms with E-state index in [9.17, 15) is 0 Å². The molecule has 0 radical (unpaired) electrons. The molecule has 2 N–H and O–H groups in total. The van der Waals surface area contributed by atoms with Crippen molar-refractivity contribution >= 4 is 17.0 Å². The lowest BCUT2D eigenvalue weighted by Gasteiger charge is -2.10. The van der Waals surface area contributed by atoms with Gasteiger partial charge in [-0.2, -0.15) is 0 Å². The van der Waals surface area contributed by atoms with Crippen LogP contribution in [0.25, 0.3) is 11.2 Å². The number of allylic oxidation sites excluding steroid dienone is 2. The molecular formula is C23H31N5. The number of benzene rings is 1. The van der Waals surface area contributed by atoms with Gasteiger partial charge in [-0.1, -0.05) is 50.8 Å². The second-order valence-electron chi connectivity index (χ2n) is 6.66. The van der Waals surface area contributed by atoms with Crippen molar-refractivity contribution < 1.29 is 0 Å². The smallest absolute Gasteiger partial charge is 0.166 e. The molecule has 0 aliphatic heterocycles. The Morgan fingerprint density at radius 3 is 2.61 bits per heavy atom. The number of aromatic nitrogens is 4. The van der Waals surface area contributed by atoms with Crippen LogP contribution in [0.3, 0.4) is 0 Å². The molecule has 148 valence electrons. The van der Waals surface area contributed by atoms with Crippen molar-refractivity contribution in [2.45, 2.75) is 53.0 Å². The van der Waals surface area contributed by atoms with E-state index in [0.717, 1.165) is 49.4 Å². The van der Waals surface area contributed by atoms with E-state index in [-0.39, 0.29) is 7.43 Å². The Hall–Kier alpha value is -2.95. The standard InChI is InChI=1S/C22H27N5.CH4/c1-4-7-8-13-18-24-21(23)20-22(25-18)27(19(6-3)26-20)15-17-12-9-11-16(14-17)10-5-2;/h4-5,9,11-12,14H,1-2,6-8,10,13,15H2,3H3,(H2,23,24,25);1H4. The molecule has 0 spiro atoms. The molecule has 28 heavy (non-hydrogen) atoms. The summed E-state index contributed by atoms with van der Waals surface area (Å²) in [5.74, 6) is 2.21. The first-order valence-corrected chi connectivity index (χ1v) is 9.47. The summed E-state index contributed by atoms with van der Waals surface area (Å²) in [5.41, 5.74) is 10.2. The van der Waals surface area contributed by atoms with Gasteiger partial charge < -0.3 is 10.3 Å². The van der Waals surface area contributed by atoms with E-state index in [1.54, 1.807) is 0 Å². The monoisotopic (exact) mass is 377 g/mol. The van der Waals surface area contributed by atoms with Crippen LogP contribution in [-0.2, 0) is 25.8 Å². The maximum atomic E-state index is 6.20. The zero-order chi connectivity index (χ0) is 19.2. The van der Waals surface area contributed by atoms with E-state index >= 15 is 0 Å². The highest BCUT2D eigenvalue weighted by molar-refractivity contribution is 5.82. The van der Waals surface area contributed by atoms with Crippen LogP contribution in [0.5, 0.6) is 0 Å². The van der Waals surface area contributed by atoms with Crippen LogP contribution < -0.4 is 5.73 Å². The molecule has 1 aromatic carbocycles. The van der Waals surface area contributed by atoms with E-state index in [0.29, 0.717) is 17.9 Å². The number of anilines is 1. The highest BCUT2D eigenvalue weighted by atomic mass is 15.2. The minimum Gasteiger partial charge on any atom is -0.382 e. The lowest BCUT2D eigenvalue weighted by molar-refractivity contribution is 0.736. The van der Waals surface area contributed by atoms with Crippen molar-refractivity contribution in [3.63, 3.8) is 0 Å². The highest BCUT2D eigenvalue weighted by Gasteiger charge is 2.16. The van der Waals surface area contributed by atoms with E-state index in [4.69, 9.17) is 15.7 Å². The second-order valence-corrected chi connectivity index (χ2v) is 6.66. The first kappa shape index (κ1) is 21.4. The summed E-state index contributed by atoms with van der Waals surface area (Å²) in [7, 11) is 0. The van der Waals surface area contributed by atoms with E-state index in [1.165, 1.54) is 11.1 Å². The SMILES string of the molecule is C.C=CCCCc1nc(N)c2nc(CC)n(Cc3cccc(CC=C)c3)c2n1. The van der Waals surface area contributed by atoms with Gasteiger partial charge in [0.25, 0.3) is 0 Å². The Morgan fingerprint density at radius 2 is 1.89 bits per heavy atom. The topological polar surface area (TPSA) is 69.6 Å². The van der Waals surface area contributed by atoms with E-state index < -0.39 is 0 Å². The van der Waals surface area contributed by atoms with Gasteiger partial charge in [0.1, 0.15) is 11.6 Å². The number of fused-ring (bicyclic) bond motifs is 1. The molecule has 0 bridgehead atoms. The Labute approximate surface area is 168 Å². The third-order valence-electron chi connectivity index (χ3n) is 4.58.